The molecule has 1 aromatic heterocycles. The van der Waals surface area contributed by atoms with E-state index in [1.807, 2.05) is 47.8 Å². The van der Waals surface area contributed by atoms with Crippen molar-refractivity contribution < 1.29 is 29.0 Å². The molecule has 3 rings (SSSR count). The number of likely N-dealkylation sites (tertiary alicyclic amines) is 1. The second kappa shape index (κ2) is 12.0. The van der Waals surface area contributed by atoms with Gasteiger partial charge < -0.3 is 19.5 Å². The van der Waals surface area contributed by atoms with Gasteiger partial charge in [0.15, 0.2) is 0 Å². The van der Waals surface area contributed by atoms with Crippen molar-refractivity contribution in [3.63, 3.8) is 0 Å². The van der Waals surface area contributed by atoms with E-state index in [4.69, 9.17) is 9.47 Å². The van der Waals surface area contributed by atoms with Gasteiger partial charge in [0.1, 0.15) is 23.9 Å². The Bertz CT molecular complexity index is 1030. The second-order valence-corrected chi connectivity index (χ2v) is 10.2. The van der Waals surface area contributed by atoms with Crippen molar-refractivity contribution in [2.24, 2.45) is 0 Å². The zero-order chi connectivity index (χ0) is 25.4. The van der Waals surface area contributed by atoms with Gasteiger partial charge in [0.05, 0.1) is 0 Å². The molecule has 0 aliphatic carbocycles. The number of ether oxygens (including phenoxy) is 2. The minimum Gasteiger partial charge on any atom is -0.458 e. The SMILES string of the molecule is CC(C)(C)OC(=O)[C@@H]1CC[C@H](CCO)N1C(=O)/C(=C\c1cccs1)NC(=O)OCc1ccccc1. The molecule has 188 valence electrons. The Kier molecular flexibility index (Phi) is 9.06. The van der Waals surface area contributed by atoms with Crippen molar-refractivity contribution in [3.05, 3.63) is 64.0 Å². The quantitative estimate of drug-likeness (QED) is 0.418. The van der Waals surface area contributed by atoms with Crippen molar-refractivity contribution in [2.45, 2.75) is 64.3 Å². The molecule has 2 N–H and O–H groups in total. The summed E-state index contributed by atoms with van der Waals surface area (Å²) >= 11 is 1.40. The zero-order valence-corrected chi connectivity index (χ0v) is 21.0. The van der Waals surface area contributed by atoms with E-state index in [0.717, 1.165) is 10.4 Å². The van der Waals surface area contributed by atoms with Crippen LogP contribution in [0.25, 0.3) is 6.08 Å². The maximum Gasteiger partial charge on any atom is 0.412 e. The van der Waals surface area contributed by atoms with Crippen molar-refractivity contribution in [1.29, 1.82) is 0 Å². The summed E-state index contributed by atoms with van der Waals surface area (Å²) in [5.41, 5.74) is 0.0879. The van der Waals surface area contributed by atoms with Gasteiger partial charge in [-0.25, -0.2) is 9.59 Å². The Morgan fingerprint density at radius 3 is 2.51 bits per heavy atom. The van der Waals surface area contributed by atoms with Crippen molar-refractivity contribution >= 4 is 35.4 Å². The summed E-state index contributed by atoms with van der Waals surface area (Å²) < 4.78 is 10.9. The zero-order valence-electron chi connectivity index (χ0n) is 20.2. The number of benzene rings is 1. The number of nitrogens with one attached hydrogen (secondary N) is 1. The van der Waals surface area contributed by atoms with Crippen LogP contribution in [0, 0.1) is 0 Å². The van der Waals surface area contributed by atoms with E-state index in [9.17, 15) is 19.5 Å². The standard InChI is InChI=1S/C26H32N2O6S/c1-26(2,3)34-24(31)22-12-11-19(13-14-29)28(22)23(30)21(16-20-10-7-15-35-20)27-25(32)33-17-18-8-5-4-6-9-18/h4-10,15-16,19,22,29H,11-14,17H2,1-3H3,(H,27,32)/b21-16+/t19-,22+/m1/s1. The van der Waals surface area contributed by atoms with Gasteiger partial charge in [-0.15, -0.1) is 11.3 Å². The van der Waals surface area contributed by atoms with E-state index < -0.39 is 29.6 Å². The number of carbonyl (C=O) groups is 3. The number of amides is 2. The molecule has 0 saturated carbocycles. The monoisotopic (exact) mass is 500 g/mol. The lowest BCUT2D eigenvalue weighted by Crippen LogP contribution is -2.49. The molecule has 2 aromatic rings. The molecule has 1 saturated heterocycles. The van der Waals surface area contributed by atoms with E-state index in [2.05, 4.69) is 5.32 Å². The number of hydrogen-bond donors (Lipinski definition) is 2. The molecule has 2 amide bonds. The minimum atomic E-state index is -0.813. The molecule has 2 atom stereocenters. The Balaban J connectivity index is 1.83. The van der Waals surface area contributed by atoms with Crippen LogP contribution >= 0.6 is 11.3 Å². The number of nitrogens with zero attached hydrogens (tertiary/aromatic N) is 1. The lowest BCUT2D eigenvalue weighted by Gasteiger charge is -2.31. The predicted octanol–water partition coefficient (Wildman–Crippen LogP) is 4.10. The minimum absolute atomic E-state index is 0.0103. The molecule has 1 fully saturated rings. The number of esters is 1. The highest BCUT2D eigenvalue weighted by molar-refractivity contribution is 7.10. The van der Waals surface area contributed by atoms with E-state index in [0.29, 0.717) is 19.3 Å². The number of aliphatic hydroxyl groups is 1. The van der Waals surface area contributed by atoms with E-state index in [1.165, 1.54) is 16.2 Å². The van der Waals surface area contributed by atoms with Gasteiger partial charge in [-0.2, -0.15) is 0 Å². The molecule has 0 radical (unpaired) electrons. The average Bonchev–Trinajstić information content (AvgIpc) is 3.47. The molecule has 0 spiro atoms. The maximum atomic E-state index is 13.7. The lowest BCUT2D eigenvalue weighted by atomic mass is 10.1. The van der Waals surface area contributed by atoms with Crippen LogP contribution < -0.4 is 5.32 Å². The summed E-state index contributed by atoms with van der Waals surface area (Å²) in [6, 6.07) is 11.7. The fraction of sp³-hybridized carbons (Fsp3) is 0.423. The fourth-order valence-electron chi connectivity index (χ4n) is 3.90. The molecular formula is C26H32N2O6S. The summed E-state index contributed by atoms with van der Waals surface area (Å²) in [5.74, 6) is -1.03. The van der Waals surface area contributed by atoms with Crippen molar-refractivity contribution in [3.8, 4) is 0 Å². The third-order valence-corrected chi connectivity index (χ3v) is 6.21. The van der Waals surface area contributed by atoms with Gasteiger partial charge in [0.25, 0.3) is 5.91 Å². The van der Waals surface area contributed by atoms with Crippen LogP contribution in [0.1, 0.15) is 50.5 Å². The first-order valence-electron chi connectivity index (χ1n) is 11.6. The topological polar surface area (TPSA) is 105 Å². The molecule has 2 heterocycles. The number of thiophene rings is 1. The molecule has 9 heteroatoms. The number of aliphatic hydroxyl groups excluding tert-OH is 1. The Labute approximate surface area is 209 Å². The van der Waals surface area contributed by atoms with Crippen LogP contribution in [0.4, 0.5) is 4.79 Å². The molecular weight excluding hydrogens is 468 g/mol. The van der Waals surface area contributed by atoms with Crippen LogP contribution in [0.2, 0.25) is 0 Å². The first-order valence-corrected chi connectivity index (χ1v) is 12.4. The highest BCUT2D eigenvalue weighted by atomic mass is 32.1. The lowest BCUT2D eigenvalue weighted by molar-refractivity contribution is -0.163. The van der Waals surface area contributed by atoms with E-state index in [1.54, 1.807) is 26.8 Å². The first kappa shape index (κ1) is 26.4. The normalized spacial score (nSPS) is 18.3. The number of hydrogen-bond acceptors (Lipinski definition) is 7. The third-order valence-electron chi connectivity index (χ3n) is 5.39. The third kappa shape index (κ3) is 7.66. The van der Waals surface area contributed by atoms with Gasteiger partial charge in [-0.05, 0) is 63.1 Å². The summed E-state index contributed by atoms with van der Waals surface area (Å²) in [4.78, 5) is 41.5. The Hall–Kier alpha value is -3.17. The van der Waals surface area contributed by atoms with Gasteiger partial charge >= 0.3 is 12.1 Å². The summed E-state index contributed by atoms with van der Waals surface area (Å²) in [6.45, 7) is 5.22. The molecule has 8 nitrogen and oxygen atoms in total. The fourth-order valence-corrected chi connectivity index (χ4v) is 4.56. The molecule has 1 aromatic carbocycles. The molecule has 1 aliphatic heterocycles. The number of carbonyl (C=O) groups excluding carboxylic acids is 3. The van der Waals surface area contributed by atoms with Crippen LogP contribution in [-0.2, 0) is 25.7 Å². The first-order chi connectivity index (χ1) is 16.7. The van der Waals surface area contributed by atoms with Crippen LogP contribution in [-0.4, -0.2) is 52.3 Å². The highest BCUT2D eigenvalue weighted by Crippen LogP contribution is 2.30. The summed E-state index contributed by atoms with van der Waals surface area (Å²) in [5, 5.41) is 14.0. The van der Waals surface area contributed by atoms with E-state index >= 15 is 0 Å². The number of rotatable bonds is 8. The second-order valence-electron chi connectivity index (χ2n) is 9.27. The van der Waals surface area contributed by atoms with Crippen LogP contribution in [0.15, 0.2) is 53.5 Å². The smallest absolute Gasteiger partial charge is 0.412 e. The van der Waals surface area contributed by atoms with Gasteiger partial charge in [-0.3, -0.25) is 10.1 Å². The Morgan fingerprint density at radius 2 is 1.89 bits per heavy atom. The summed E-state index contributed by atoms with van der Waals surface area (Å²) in [7, 11) is 0. The number of alkyl carbamates (subject to hydrolysis) is 1. The molecule has 0 unspecified atom stereocenters. The highest BCUT2D eigenvalue weighted by Gasteiger charge is 2.43. The van der Waals surface area contributed by atoms with Gasteiger partial charge in [0.2, 0.25) is 0 Å². The van der Waals surface area contributed by atoms with Gasteiger partial charge in [0, 0.05) is 17.5 Å². The predicted molar refractivity (Wildman–Crippen MR) is 133 cm³/mol. The molecule has 0 bridgehead atoms. The average molecular weight is 501 g/mol. The summed E-state index contributed by atoms with van der Waals surface area (Å²) in [6.07, 6.45) is 2.06. The van der Waals surface area contributed by atoms with Crippen LogP contribution in [0.3, 0.4) is 0 Å². The maximum absolute atomic E-state index is 13.7. The Morgan fingerprint density at radius 1 is 1.14 bits per heavy atom. The van der Waals surface area contributed by atoms with Gasteiger partial charge in [-0.1, -0.05) is 36.4 Å². The van der Waals surface area contributed by atoms with Crippen molar-refractivity contribution in [2.75, 3.05) is 6.61 Å². The molecule has 1 aliphatic rings. The molecule has 35 heavy (non-hydrogen) atoms. The largest absolute Gasteiger partial charge is 0.458 e. The van der Waals surface area contributed by atoms with Crippen molar-refractivity contribution in [1.82, 2.24) is 10.2 Å². The van der Waals surface area contributed by atoms with E-state index in [-0.39, 0.29) is 25.0 Å². The van der Waals surface area contributed by atoms with Crippen LogP contribution in [0.5, 0.6) is 0 Å².